The second-order valence-corrected chi connectivity index (χ2v) is 7.90. The zero-order chi connectivity index (χ0) is 22.8. The Labute approximate surface area is 191 Å². The van der Waals surface area contributed by atoms with Crippen molar-refractivity contribution in [3.8, 4) is 11.5 Å². The molecule has 0 spiro atoms. The fraction of sp³-hybridized carbons (Fsp3) is 0.250. The first kappa shape index (κ1) is 20.7. The first-order valence-electron chi connectivity index (χ1n) is 10.6. The van der Waals surface area contributed by atoms with Crippen LogP contribution in [0.5, 0.6) is 11.5 Å². The van der Waals surface area contributed by atoms with Crippen molar-refractivity contribution in [2.24, 2.45) is 5.10 Å². The van der Waals surface area contributed by atoms with Gasteiger partial charge in [0.15, 0.2) is 0 Å². The lowest BCUT2D eigenvalue weighted by molar-refractivity contribution is 0.380. The van der Waals surface area contributed by atoms with Gasteiger partial charge in [-0.15, -0.1) is 0 Å². The van der Waals surface area contributed by atoms with Crippen LogP contribution < -0.4 is 14.4 Å². The van der Waals surface area contributed by atoms with Crippen LogP contribution in [-0.2, 0) is 6.54 Å². The van der Waals surface area contributed by atoms with E-state index in [1.165, 1.54) is 0 Å². The third-order valence-corrected chi connectivity index (χ3v) is 5.67. The zero-order valence-corrected chi connectivity index (χ0v) is 18.8. The van der Waals surface area contributed by atoms with E-state index in [1.54, 1.807) is 14.2 Å². The number of anilines is 2. The van der Waals surface area contributed by atoms with Gasteiger partial charge in [0.2, 0.25) is 0 Å². The zero-order valence-electron chi connectivity index (χ0n) is 18.8. The second kappa shape index (κ2) is 8.78. The van der Waals surface area contributed by atoms with Gasteiger partial charge in [-0.3, -0.25) is 15.1 Å². The van der Waals surface area contributed by atoms with Gasteiger partial charge in [-0.25, -0.2) is 4.98 Å². The van der Waals surface area contributed by atoms with E-state index >= 15 is 0 Å². The number of aromatic amines is 1. The molecule has 1 aliphatic rings. The van der Waals surface area contributed by atoms with Gasteiger partial charge in [0, 0.05) is 61.8 Å². The highest BCUT2D eigenvalue weighted by molar-refractivity contribution is 5.82. The lowest BCUT2D eigenvalue weighted by Gasteiger charge is -2.25. The van der Waals surface area contributed by atoms with Crippen molar-refractivity contribution in [1.82, 2.24) is 25.2 Å². The molecule has 33 heavy (non-hydrogen) atoms. The lowest BCUT2D eigenvalue weighted by Crippen LogP contribution is -2.17. The summed E-state index contributed by atoms with van der Waals surface area (Å²) in [5, 5.41) is 13.5. The minimum Gasteiger partial charge on any atom is -0.497 e. The van der Waals surface area contributed by atoms with E-state index in [2.05, 4.69) is 31.2 Å². The van der Waals surface area contributed by atoms with E-state index in [9.17, 15) is 0 Å². The molecular formula is C24H25N7O2. The van der Waals surface area contributed by atoms with Gasteiger partial charge >= 0.3 is 0 Å². The summed E-state index contributed by atoms with van der Waals surface area (Å²) < 4.78 is 11.0. The minimum atomic E-state index is 0.137. The molecular weight excluding hydrogens is 418 g/mol. The van der Waals surface area contributed by atoms with Gasteiger partial charge in [0.05, 0.1) is 49.1 Å². The summed E-state index contributed by atoms with van der Waals surface area (Å²) in [6, 6.07) is 13.9. The van der Waals surface area contributed by atoms with E-state index in [4.69, 9.17) is 14.5 Å². The number of likely N-dealkylation sites (N-methyl/N-ethyl adjacent to an activating group) is 1. The number of fused-ring (bicyclic) bond motifs is 1. The number of benzene rings is 2. The molecule has 0 bridgehead atoms. The first-order chi connectivity index (χ1) is 16.1. The van der Waals surface area contributed by atoms with Crippen molar-refractivity contribution < 1.29 is 9.47 Å². The molecule has 1 atom stereocenters. The second-order valence-electron chi connectivity index (χ2n) is 7.90. The Kier molecular flexibility index (Phi) is 5.52. The summed E-state index contributed by atoms with van der Waals surface area (Å²) in [6.45, 7) is 1.35. The van der Waals surface area contributed by atoms with Gasteiger partial charge in [0.1, 0.15) is 11.5 Å². The van der Waals surface area contributed by atoms with Crippen LogP contribution in [0.2, 0.25) is 0 Å². The molecule has 0 saturated heterocycles. The normalized spacial score (nSPS) is 15.2. The fourth-order valence-electron chi connectivity index (χ4n) is 3.92. The molecule has 5 rings (SSSR count). The number of rotatable bonds is 7. The monoisotopic (exact) mass is 443 g/mol. The van der Waals surface area contributed by atoms with Crippen molar-refractivity contribution in [3.05, 3.63) is 66.2 Å². The maximum Gasteiger partial charge on any atom is 0.124 e. The third-order valence-electron chi connectivity index (χ3n) is 5.67. The smallest absolute Gasteiger partial charge is 0.124 e. The van der Waals surface area contributed by atoms with Gasteiger partial charge in [0.25, 0.3) is 0 Å². The van der Waals surface area contributed by atoms with E-state index < -0.39 is 0 Å². The SMILES string of the molecule is COc1cc(OC)cc(N(Cc2cc[nH]n2)c2ccc3ncc(C4C=NN(C)C4)nc3c2)c1. The highest BCUT2D eigenvalue weighted by Crippen LogP contribution is 2.35. The predicted octanol–water partition coefficient (Wildman–Crippen LogP) is 3.72. The summed E-state index contributed by atoms with van der Waals surface area (Å²) in [4.78, 5) is 11.7. The fourth-order valence-corrected chi connectivity index (χ4v) is 3.92. The Morgan fingerprint density at radius 1 is 1.03 bits per heavy atom. The van der Waals surface area contributed by atoms with Gasteiger partial charge < -0.3 is 14.4 Å². The van der Waals surface area contributed by atoms with E-state index in [1.807, 2.05) is 67.1 Å². The molecule has 0 amide bonds. The van der Waals surface area contributed by atoms with Crippen molar-refractivity contribution >= 4 is 28.6 Å². The van der Waals surface area contributed by atoms with Crippen LogP contribution in [0.1, 0.15) is 17.3 Å². The summed E-state index contributed by atoms with van der Waals surface area (Å²) in [5.74, 6) is 1.56. The number of methoxy groups -OCH3 is 2. The summed E-state index contributed by atoms with van der Waals surface area (Å²) >= 11 is 0. The number of nitrogens with one attached hydrogen (secondary N) is 1. The van der Waals surface area contributed by atoms with Crippen LogP contribution in [0.3, 0.4) is 0 Å². The minimum absolute atomic E-state index is 0.137. The predicted molar refractivity (Wildman–Crippen MR) is 127 cm³/mol. The van der Waals surface area contributed by atoms with Gasteiger partial charge in [-0.2, -0.15) is 10.2 Å². The number of ether oxygens (including phenoxy) is 2. The number of hydrogen-bond acceptors (Lipinski definition) is 8. The molecule has 4 aromatic rings. The van der Waals surface area contributed by atoms with Crippen molar-refractivity contribution in [2.45, 2.75) is 12.5 Å². The Morgan fingerprint density at radius 2 is 1.85 bits per heavy atom. The van der Waals surface area contributed by atoms with E-state index in [0.29, 0.717) is 18.0 Å². The average Bonchev–Trinajstić information content (AvgIpc) is 3.53. The topological polar surface area (TPSA) is 91.8 Å². The number of nitrogens with zero attached hydrogens (tertiary/aromatic N) is 6. The van der Waals surface area contributed by atoms with Crippen LogP contribution in [0.4, 0.5) is 11.4 Å². The van der Waals surface area contributed by atoms with Crippen LogP contribution in [-0.4, -0.2) is 59.2 Å². The molecule has 3 heterocycles. The molecule has 1 unspecified atom stereocenters. The average molecular weight is 444 g/mol. The maximum absolute atomic E-state index is 5.50. The molecule has 1 N–H and O–H groups in total. The molecule has 9 nitrogen and oxygen atoms in total. The summed E-state index contributed by atoms with van der Waals surface area (Å²) in [5.41, 5.74) is 5.37. The van der Waals surface area contributed by atoms with Crippen LogP contribution in [0.15, 0.2) is 60.0 Å². The molecule has 1 aliphatic heterocycles. The Bertz CT molecular complexity index is 1270. The van der Waals surface area contributed by atoms with Gasteiger partial charge in [-0.1, -0.05) is 0 Å². The standard InChI is InChI=1S/C24H25N7O2/c1-30-14-16(12-27-30)24-13-25-22-5-4-18(10-23(22)28-24)31(15-17-6-7-26-29-17)19-8-20(32-2)11-21(9-19)33-3/h4-13,16H,14-15H2,1-3H3,(H,26,29). The molecule has 0 radical (unpaired) electrons. The van der Waals surface area contributed by atoms with E-state index in [0.717, 1.165) is 40.3 Å². The molecule has 0 fully saturated rings. The van der Waals surface area contributed by atoms with Crippen molar-refractivity contribution in [2.75, 3.05) is 32.7 Å². The van der Waals surface area contributed by atoms with Crippen LogP contribution in [0, 0.1) is 0 Å². The number of hydrogen-bond donors (Lipinski definition) is 1. The van der Waals surface area contributed by atoms with E-state index in [-0.39, 0.29) is 5.92 Å². The quantitative estimate of drug-likeness (QED) is 0.465. The first-order valence-corrected chi connectivity index (χ1v) is 10.6. The Morgan fingerprint density at radius 3 is 2.52 bits per heavy atom. The van der Waals surface area contributed by atoms with Crippen LogP contribution >= 0.6 is 0 Å². The summed E-state index contributed by atoms with van der Waals surface area (Å²) in [7, 11) is 5.25. The lowest BCUT2D eigenvalue weighted by atomic mass is 10.1. The summed E-state index contributed by atoms with van der Waals surface area (Å²) in [6.07, 6.45) is 5.58. The Hall–Kier alpha value is -4.14. The van der Waals surface area contributed by atoms with Gasteiger partial charge in [-0.05, 0) is 24.3 Å². The highest BCUT2D eigenvalue weighted by atomic mass is 16.5. The number of hydrazone groups is 1. The molecule has 2 aromatic heterocycles. The van der Waals surface area contributed by atoms with Crippen LogP contribution in [0.25, 0.3) is 11.0 Å². The van der Waals surface area contributed by atoms with Crippen molar-refractivity contribution in [3.63, 3.8) is 0 Å². The maximum atomic E-state index is 5.50. The Balaban J connectivity index is 1.58. The largest absolute Gasteiger partial charge is 0.497 e. The number of H-pyrrole nitrogens is 1. The highest BCUT2D eigenvalue weighted by Gasteiger charge is 2.20. The molecule has 0 saturated carbocycles. The number of aromatic nitrogens is 4. The molecule has 0 aliphatic carbocycles. The molecule has 9 heteroatoms. The third kappa shape index (κ3) is 4.30. The molecule has 168 valence electrons. The molecule has 2 aromatic carbocycles. The van der Waals surface area contributed by atoms with Crippen molar-refractivity contribution in [1.29, 1.82) is 0 Å².